The molecule has 0 fully saturated rings. The van der Waals surface area contributed by atoms with Crippen LogP contribution in [0.15, 0.2) is 188 Å². The zero-order chi connectivity index (χ0) is 37.9. The fourth-order valence-corrected chi connectivity index (χ4v) is 9.55. The highest BCUT2D eigenvalue weighted by molar-refractivity contribution is 6.28. The highest BCUT2D eigenvalue weighted by Gasteiger charge is 2.23. The molecule has 5 nitrogen and oxygen atoms in total. The van der Waals surface area contributed by atoms with E-state index in [1.54, 1.807) is 0 Å². The minimum atomic E-state index is 0.641. The first-order valence-electron chi connectivity index (χ1n) is 19.7. The van der Waals surface area contributed by atoms with Gasteiger partial charge in [-0.3, -0.25) is 0 Å². The molecule has 0 bridgehead atoms. The molecule has 13 aromatic rings. The lowest BCUT2D eigenvalue weighted by Gasteiger charge is -2.16. The second kappa shape index (κ2) is 11.8. The van der Waals surface area contributed by atoms with Gasteiger partial charge in [-0.1, -0.05) is 158 Å². The van der Waals surface area contributed by atoms with Crippen LogP contribution in [0.3, 0.4) is 0 Å². The maximum absolute atomic E-state index is 5.15. The monoisotopic (exact) mass is 737 g/mol. The highest BCUT2D eigenvalue weighted by Crippen LogP contribution is 2.45. The predicted octanol–water partition coefficient (Wildman–Crippen LogP) is 13.4. The molecule has 0 N–H and O–H groups in total. The fraction of sp³-hybridized carbons (Fsp3) is 0. The molecule has 0 amide bonds. The van der Waals surface area contributed by atoms with Gasteiger partial charge in [0, 0.05) is 59.8 Å². The molecule has 0 radical (unpaired) electrons. The van der Waals surface area contributed by atoms with Crippen LogP contribution in [0.2, 0.25) is 0 Å². The first-order valence-corrected chi connectivity index (χ1v) is 19.7. The van der Waals surface area contributed by atoms with Crippen molar-refractivity contribution >= 4 is 81.4 Å². The second-order valence-electron chi connectivity index (χ2n) is 15.2. The zero-order valence-electron chi connectivity index (χ0n) is 31.1. The Bertz CT molecular complexity index is 3730. The number of fused-ring (bicyclic) bond motifs is 12. The van der Waals surface area contributed by atoms with Gasteiger partial charge in [-0.2, -0.15) is 0 Å². The molecular formula is C53H31N5. The Kier molecular flexibility index (Phi) is 6.38. The summed E-state index contributed by atoms with van der Waals surface area (Å²) in [6.45, 7) is 0. The topological polar surface area (TPSA) is 48.0 Å². The van der Waals surface area contributed by atoms with Crippen molar-refractivity contribution in [1.82, 2.24) is 23.9 Å². The van der Waals surface area contributed by atoms with E-state index in [1.807, 2.05) is 36.4 Å². The summed E-state index contributed by atoms with van der Waals surface area (Å²) in [4.78, 5) is 15.3. The van der Waals surface area contributed by atoms with Gasteiger partial charge in [-0.25, -0.2) is 15.0 Å². The standard InChI is InChI=1S/C53H31N5/c1-3-15-33(16-4-1)51-54-52(34-17-5-2-6-18-34)56-53(55-51)42-28-29-46(37-21-10-9-20-36(37)42)58-48-31-47-43(30-44(48)41-27-26-32-14-7-8-19-35(32)49(41)58)40-24-13-23-39-38-22-11-12-25-45(38)57(47)50(39)40/h1-31H. The molecule has 0 saturated carbocycles. The zero-order valence-corrected chi connectivity index (χ0v) is 31.1. The smallest absolute Gasteiger partial charge is 0.164 e. The third kappa shape index (κ3) is 4.33. The minimum Gasteiger partial charge on any atom is -0.308 e. The van der Waals surface area contributed by atoms with Crippen LogP contribution >= 0.6 is 0 Å². The van der Waals surface area contributed by atoms with E-state index < -0.39 is 0 Å². The van der Waals surface area contributed by atoms with Gasteiger partial charge in [0.15, 0.2) is 17.5 Å². The summed E-state index contributed by atoms with van der Waals surface area (Å²) in [5.41, 5.74) is 10.0. The Labute approximate surface area is 332 Å². The van der Waals surface area contributed by atoms with Gasteiger partial charge >= 0.3 is 0 Å². The molecule has 0 aliphatic heterocycles. The normalized spacial score (nSPS) is 12.1. The average molecular weight is 738 g/mol. The van der Waals surface area contributed by atoms with E-state index >= 15 is 0 Å². The molecule has 58 heavy (non-hydrogen) atoms. The van der Waals surface area contributed by atoms with Crippen molar-refractivity contribution in [1.29, 1.82) is 0 Å². The van der Waals surface area contributed by atoms with Crippen molar-refractivity contribution in [2.45, 2.75) is 0 Å². The lowest BCUT2D eigenvalue weighted by atomic mass is 10.0. The maximum atomic E-state index is 5.15. The highest BCUT2D eigenvalue weighted by atomic mass is 15.0. The molecule has 4 aromatic heterocycles. The van der Waals surface area contributed by atoms with Crippen molar-refractivity contribution < 1.29 is 0 Å². The second-order valence-corrected chi connectivity index (χ2v) is 15.2. The van der Waals surface area contributed by atoms with Crippen LogP contribution in [0.1, 0.15) is 0 Å². The lowest BCUT2D eigenvalue weighted by molar-refractivity contribution is 1.08. The van der Waals surface area contributed by atoms with Gasteiger partial charge in [0.1, 0.15) is 0 Å². The minimum absolute atomic E-state index is 0.641. The Morgan fingerprint density at radius 2 is 0.879 bits per heavy atom. The van der Waals surface area contributed by atoms with Crippen LogP contribution in [0.4, 0.5) is 0 Å². The molecule has 9 aromatic carbocycles. The van der Waals surface area contributed by atoms with E-state index in [9.17, 15) is 0 Å². The van der Waals surface area contributed by atoms with Crippen molar-refractivity contribution in [2.24, 2.45) is 0 Å². The number of hydrogen-bond donors (Lipinski definition) is 0. The lowest BCUT2D eigenvalue weighted by Crippen LogP contribution is -2.02. The maximum Gasteiger partial charge on any atom is 0.164 e. The van der Waals surface area contributed by atoms with Crippen LogP contribution in [-0.4, -0.2) is 23.9 Å². The fourth-order valence-electron chi connectivity index (χ4n) is 9.55. The molecule has 0 spiro atoms. The van der Waals surface area contributed by atoms with E-state index in [0.717, 1.165) is 33.2 Å². The Hall–Kier alpha value is -7.89. The summed E-state index contributed by atoms with van der Waals surface area (Å²) in [7, 11) is 0. The van der Waals surface area contributed by atoms with Crippen molar-refractivity contribution in [3.8, 4) is 39.9 Å². The SMILES string of the molecule is c1ccc(-c2nc(-c3ccccc3)nc(-c3ccc(-n4c5cc6c(cc5c5ccc7ccccc7c54)c4cccc5c7ccccc7n6c54)c4ccccc34)n2)cc1. The summed E-state index contributed by atoms with van der Waals surface area (Å²) in [6.07, 6.45) is 0. The van der Waals surface area contributed by atoms with Crippen molar-refractivity contribution in [3.05, 3.63) is 188 Å². The number of benzene rings is 9. The van der Waals surface area contributed by atoms with Crippen LogP contribution in [0, 0.1) is 0 Å². The average Bonchev–Trinajstić information content (AvgIpc) is 3.93. The quantitative estimate of drug-likeness (QED) is 0.181. The van der Waals surface area contributed by atoms with Crippen LogP contribution < -0.4 is 0 Å². The van der Waals surface area contributed by atoms with Gasteiger partial charge < -0.3 is 8.97 Å². The van der Waals surface area contributed by atoms with E-state index in [1.165, 1.54) is 70.7 Å². The van der Waals surface area contributed by atoms with Gasteiger partial charge in [0.05, 0.1) is 33.3 Å². The molecule has 268 valence electrons. The first kappa shape index (κ1) is 31.3. The third-order valence-corrected chi connectivity index (χ3v) is 12.1. The summed E-state index contributed by atoms with van der Waals surface area (Å²) < 4.78 is 4.98. The molecule has 4 heterocycles. The summed E-state index contributed by atoms with van der Waals surface area (Å²) in [5, 5.41) is 12.2. The molecular weight excluding hydrogens is 707 g/mol. The Morgan fingerprint density at radius 1 is 0.310 bits per heavy atom. The molecule has 0 unspecified atom stereocenters. The van der Waals surface area contributed by atoms with E-state index in [2.05, 4.69) is 161 Å². The van der Waals surface area contributed by atoms with Crippen LogP contribution in [-0.2, 0) is 0 Å². The summed E-state index contributed by atoms with van der Waals surface area (Å²) in [5.74, 6) is 1.93. The first-order chi connectivity index (χ1) is 28.8. The van der Waals surface area contributed by atoms with Crippen LogP contribution in [0.5, 0.6) is 0 Å². The molecule has 13 rings (SSSR count). The van der Waals surface area contributed by atoms with Crippen molar-refractivity contribution in [2.75, 3.05) is 0 Å². The molecule has 0 aliphatic carbocycles. The molecule has 0 atom stereocenters. The van der Waals surface area contributed by atoms with Crippen molar-refractivity contribution in [3.63, 3.8) is 0 Å². The Morgan fingerprint density at radius 3 is 1.64 bits per heavy atom. The molecule has 0 aliphatic rings. The van der Waals surface area contributed by atoms with E-state index in [0.29, 0.717) is 17.5 Å². The number of rotatable bonds is 4. The summed E-state index contributed by atoms with van der Waals surface area (Å²) >= 11 is 0. The Balaban J connectivity index is 1.13. The van der Waals surface area contributed by atoms with Gasteiger partial charge in [0.25, 0.3) is 0 Å². The number of nitrogens with zero attached hydrogens (tertiary/aromatic N) is 5. The third-order valence-electron chi connectivity index (χ3n) is 12.1. The molecule has 5 heteroatoms. The van der Waals surface area contributed by atoms with Crippen LogP contribution in [0.25, 0.3) is 121 Å². The number of para-hydroxylation sites is 2. The predicted molar refractivity (Wildman–Crippen MR) is 240 cm³/mol. The van der Waals surface area contributed by atoms with Gasteiger partial charge in [-0.15, -0.1) is 0 Å². The number of hydrogen-bond acceptors (Lipinski definition) is 3. The largest absolute Gasteiger partial charge is 0.308 e. The molecule has 0 saturated heterocycles. The van der Waals surface area contributed by atoms with Gasteiger partial charge in [0.2, 0.25) is 0 Å². The van der Waals surface area contributed by atoms with E-state index in [4.69, 9.17) is 15.0 Å². The number of aromatic nitrogens is 5. The summed E-state index contributed by atoms with van der Waals surface area (Å²) in [6, 6.07) is 67.2. The van der Waals surface area contributed by atoms with E-state index in [-0.39, 0.29) is 0 Å². The van der Waals surface area contributed by atoms with Gasteiger partial charge in [-0.05, 0) is 41.1 Å².